The van der Waals surface area contributed by atoms with E-state index in [1.54, 1.807) is 6.07 Å². The van der Waals surface area contributed by atoms with E-state index >= 15 is 0 Å². The maximum atomic E-state index is 13.9. The summed E-state index contributed by atoms with van der Waals surface area (Å²) in [7, 11) is 0. The van der Waals surface area contributed by atoms with Gasteiger partial charge < -0.3 is 5.32 Å². The largest absolute Gasteiger partial charge is 0.309 e. The van der Waals surface area contributed by atoms with Crippen molar-refractivity contribution in [1.82, 2.24) is 5.32 Å². The van der Waals surface area contributed by atoms with Gasteiger partial charge in [-0.2, -0.15) is 0 Å². The summed E-state index contributed by atoms with van der Waals surface area (Å²) >= 11 is 3.42. The average molecular weight is 340 g/mol. The number of halogens is 2. The molecule has 2 aliphatic rings. The van der Waals surface area contributed by atoms with Crippen LogP contribution in [0.5, 0.6) is 0 Å². The van der Waals surface area contributed by atoms with Gasteiger partial charge in [0.1, 0.15) is 5.82 Å². The summed E-state index contributed by atoms with van der Waals surface area (Å²) in [5.41, 5.74) is 1.45. The molecule has 1 aromatic carbocycles. The van der Waals surface area contributed by atoms with Crippen molar-refractivity contribution in [2.45, 2.75) is 52.6 Å². The minimum Gasteiger partial charge on any atom is -0.309 e. The standard InChI is InChI=1S/C17H23BrFN/c1-16(2)12-6-7-17(3,9-12)15(16)20-10-11-8-13(18)4-5-14(11)19/h4-5,8,12,15,20H,6-7,9-10H2,1-3H3. The molecule has 1 N–H and O–H groups in total. The van der Waals surface area contributed by atoms with Crippen molar-refractivity contribution < 1.29 is 4.39 Å². The molecule has 110 valence electrons. The highest BCUT2D eigenvalue weighted by atomic mass is 79.9. The second-order valence-electron chi connectivity index (χ2n) is 7.46. The third-order valence-electron chi connectivity index (χ3n) is 5.77. The van der Waals surface area contributed by atoms with E-state index in [1.165, 1.54) is 25.3 Å². The number of hydrogen-bond donors (Lipinski definition) is 1. The van der Waals surface area contributed by atoms with Gasteiger partial charge >= 0.3 is 0 Å². The molecule has 0 amide bonds. The quantitative estimate of drug-likeness (QED) is 0.826. The topological polar surface area (TPSA) is 12.0 Å². The van der Waals surface area contributed by atoms with E-state index in [4.69, 9.17) is 0 Å². The Morgan fingerprint density at radius 1 is 1.35 bits per heavy atom. The van der Waals surface area contributed by atoms with Crippen LogP contribution in [-0.2, 0) is 6.54 Å². The van der Waals surface area contributed by atoms with Gasteiger partial charge in [0.2, 0.25) is 0 Å². The Morgan fingerprint density at radius 3 is 2.75 bits per heavy atom. The number of benzene rings is 1. The maximum absolute atomic E-state index is 13.9. The van der Waals surface area contributed by atoms with E-state index in [0.717, 1.165) is 16.0 Å². The van der Waals surface area contributed by atoms with Crippen molar-refractivity contribution in [2.75, 3.05) is 0 Å². The molecule has 3 rings (SSSR count). The van der Waals surface area contributed by atoms with Crippen LogP contribution in [0.3, 0.4) is 0 Å². The van der Waals surface area contributed by atoms with Crippen molar-refractivity contribution in [1.29, 1.82) is 0 Å². The summed E-state index contributed by atoms with van der Waals surface area (Å²) in [4.78, 5) is 0. The zero-order chi connectivity index (χ0) is 14.5. The van der Waals surface area contributed by atoms with E-state index in [0.29, 0.717) is 23.4 Å². The van der Waals surface area contributed by atoms with Crippen LogP contribution in [0.1, 0.15) is 45.6 Å². The SMILES string of the molecule is CC12CCC(C1)C(C)(C)C2NCc1cc(Br)ccc1F. The fourth-order valence-corrected chi connectivity index (χ4v) is 5.11. The van der Waals surface area contributed by atoms with Crippen LogP contribution in [0.25, 0.3) is 0 Å². The van der Waals surface area contributed by atoms with E-state index in [-0.39, 0.29) is 5.82 Å². The predicted molar refractivity (Wildman–Crippen MR) is 84.0 cm³/mol. The number of hydrogen-bond acceptors (Lipinski definition) is 1. The Balaban J connectivity index is 1.77. The molecular weight excluding hydrogens is 317 g/mol. The summed E-state index contributed by atoms with van der Waals surface area (Å²) in [5.74, 6) is 0.698. The van der Waals surface area contributed by atoms with Crippen molar-refractivity contribution in [3.63, 3.8) is 0 Å². The predicted octanol–water partition coefficient (Wildman–Crippen LogP) is 4.89. The first-order chi connectivity index (χ1) is 9.33. The van der Waals surface area contributed by atoms with Gasteiger partial charge in [0.25, 0.3) is 0 Å². The van der Waals surface area contributed by atoms with Crippen LogP contribution in [0.15, 0.2) is 22.7 Å². The molecular formula is C17H23BrFN. The summed E-state index contributed by atoms with van der Waals surface area (Å²) in [6, 6.07) is 5.65. The van der Waals surface area contributed by atoms with Crippen molar-refractivity contribution in [2.24, 2.45) is 16.7 Å². The Morgan fingerprint density at radius 2 is 2.10 bits per heavy atom. The van der Waals surface area contributed by atoms with Gasteiger partial charge in [-0.25, -0.2) is 4.39 Å². The van der Waals surface area contributed by atoms with Gasteiger partial charge in [0.05, 0.1) is 0 Å². The van der Waals surface area contributed by atoms with Gasteiger partial charge in [0.15, 0.2) is 0 Å². The molecule has 2 aliphatic carbocycles. The molecule has 1 nitrogen and oxygen atoms in total. The van der Waals surface area contributed by atoms with Gasteiger partial charge in [-0.1, -0.05) is 36.7 Å². The highest BCUT2D eigenvalue weighted by Crippen LogP contribution is 2.62. The Hall–Kier alpha value is -0.410. The normalized spacial score (nSPS) is 34.6. The first kappa shape index (κ1) is 14.5. The van der Waals surface area contributed by atoms with Crippen LogP contribution < -0.4 is 5.32 Å². The number of nitrogens with one attached hydrogen (secondary N) is 1. The van der Waals surface area contributed by atoms with E-state index in [9.17, 15) is 4.39 Å². The molecule has 0 heterocycles. The monoisotopic (exact) mass is 339 g/mol. The summed E-state index contributed by atoms with van der Waals surface area (Å²) in [6.07, 6.45) is 3.98. The minimum atomic E-state index is -0.119. The van der Waals surface area contributed by atoms with E-state index in [1.807, 2.05) is 6.07 Å². The van der Waals surface area contributed by atoms with Gasteiger partial charge in [-0.3, -0.25) is 0 Å². The summed E-state index contributed by atoms with van der Waals surface area (Å²) in [5, 5.41) is 3.67. The van der Waals surface area contributed by atoms with Crippen LogP contribution >= 0.6 is 15.9 Å². The zero-order valence-corrected chi connectivity index (χ0v) is 14.1. The van der Waals surface area contributed by atoms with Gasteiger partial charge in [0, 0.05) is 22.6 Å². The molecule has 0 spiro atoms. The first-order valence-electron chi connectivity index (χ1n) is 7.50. The summed E-state index contributed by atoms with van der Waals surface area (Å²) < 4.78 is 14.8. The highest BCUT2D eigenvalue weighted by molar-refractivity contribution is 9.10. The fraction of sp³-hybridized carbons (Fsp3) is 0.647. The molecule has 0 aliphatic heterocycles. The van der Waals surface area contributed by atoms with E-state index in [2.05, 4.69) is 42.0 Å². The van der Waals surface area contributed by atoms with Crippen molar-refractivity contribution >= 4 is 15.9 Å². The average Bonchev–Trinajstić information content (AvgIpc) is 2.84. The lowest BCUT2D eigenvalue weighted by molar-refractivity contribution is 0.107. The Kier molecular flexibility index (Phi) is 3.49. The Labute approximate surface area is 129 Å². The minimum absolute atomic E-state index is 0.119. The van der Waals surface area contributed by atoms with Gasteiger partial charge in [-0.15, -0.1) is 0 Å². The molecule has 2 fully saturated rings. The fourth-order valence-electron chi connectivity index (χ4n) is 4.70. The lowest BCUT2D eigenvalue weighted by atomic mass is 9.68. The van der Waals surface area contributed by atoms with Crippen molar-refractivity contribution in [3.05, 3.63) is 34.1 Å². The highest BCUT2D eigenvalue weighted by Gasteiger charge is 2.58. The first-order valence-corrected chi connectivity index (χ1v) is 8.29. The molecule has 1 aromatic rings. The molecule has 3 unspecified atom stereocenters. The maximum Gasteiger partial charge on any atom is 0.127 e. The van der Waals surface area contributed by atoms with Crippen molar-refractivity contribution in [3.8, 4) is 0 Å². The second-order valence-corrected chi connectivity index (χ2v) is 8.38. The third-order valence-corrected chi connectivity index (χ3v) is 6.27. The van der Waals surface area contributed by atoms with E-state index < -0.39 is 0 Å². The smallest absolute Gasteiger partial charge is 0.127 e. The van der Waals surface area contributed by atoms with Crippen LogP contribution in [-0.4, -0.2) is 6.04 Å². The molecule has 3 heteroatoms. The number of rotatable bonds is 3. The molecule has 0 aromatic heterocycles. The molecule has 2 saturated carbocycles. The van der Waals surface area contributed by atoms with Crippen LogP contribution in [0, 0.1) is 22.6 Å². The van der Waals surface area contributed by atoms with Crippen LogP contribution in [0.2, 0.25) is 0 Å². The number of fused-ring (bicyclic) bond motifs is 2. The lowest BCUT2D eigenvalue weighted by Crippen LogP contribution is -2.50. The zero-order valence-electron chi connectivity index (χ0n) is 12.5. The molecule has 0 saturated heterocycles. The van der Waals surface area contributed by atoms with Gasteiger partial charge in [-0.05, 0) is 54.2 Å². The molecule has 2 bridgehead atoms. The summed E-state index contributed by atoms with van der Waals surface area (Å²) in [6.45, 7) is 7.76. The molecule has 3 atom stereocenters. The molecule has 20 heavy (non-hydrogen) atoms. The third kappa shape index (κ3) is 2.23. The lowest BCUT2D eigenvalue weighted by Gasteiger charge is -2.43. The second kappa shape index (κ2) is 4.81. The molecule has 0 radical (unpaired) electrons. The Bertz CT molecular complexity index is 523. The van der Waals surface area contributed by atoms with Crippen LogP contribution in [0.4, 0.5) is 4.39 Å².